The van der Waals surface area contributed by atoms with Gasteiger partial charge in [0.25, 0.3) is 70.9 Å². The summed E-state index contributed by atoms with van der Waals surface area (Å²) in [5.41, 5.74) is -0.836. The fraction of sp³-hybridized carbons (Fsp3) is 0.364. The summed E-state index contributed by atoms with van der Waals surface area (Å²) in [6.45, 7) is 2.73. The molecule has 6 aromatic heterocycles. The molecule has 12 amide bonds. The third-order valence-corrected chi connectivity index (χ3v) is 15.8. The quantitative estimate of drug-likeness (QED) is 0.0704. The number of rotatable bonds is 0. The van der Waals surface area contributed by atoms with Gasteiger partial charge in [-0.15, -0.1) is 0 Å². The number of carbonyl (C=O) groups excluding carboxylic acids is 12. The fourth-order valence-electron chi connectivity index (χ4n) is 10.5. The zero-order valence-corrected chi connectivity index (χ0v) is 54.7. The van der Waals surface area contributed by atoms with Crippen LogP contribution in [0.1, 0.15) is 126 Å². The van der Waals surface area contributed by atoms with Crippen LogP contribution in [0, 0.1) is 0 Å². The molecule has 4 aliphatic heterocycles. The summed E-state index contributed by atoms with van der Waals surface area (Å²) < 4.78 is 0. The largest absolute Gasteiger partial charge is 0.349 e. The van der Waals surface area contributed by atoms with Crippen LogP contribution in [0.4, 0.5) is 0 Å². The minimum atomic E-state index is -0.608. The van der Waals surface area contributed by atoms with Gasteiger partial charge >= 0.3 is 0 Å². The molecular weight excluding hydrogens is 1290 g/mol. The highest BCUT2D eigenvalue weighted by atomic mass is 16.2. The third kappa shape index (κ3) is 22.2. The zero-order chi connectivity index (χ0) is 70.6. The van der Waals surface area contributed by atoms with Gasteiger partial charge in [0.1, 0.15) is 68.3 Å². The van der Waals surface area contributed by atoms with E-state index in [1.165, 1.54) is 109 Å². The van der Waals surface area contributed by atoms with Gasteiger partial charge in [-0.25, -0.2) is 29.9 Å². The van der Waals surface area contributed by atoms with Crippen molar-refractivity contribution in [3.05, 3.63) is 178 Å². The Morgan fingerprint density at radius 1 is 0.170 bits per heavy atom. The average molecular weight is 1370 g/mol. The minimum Gasteiger partial charge on any atom is -0.349 e. The van der Waals surface area contributed by atoms with Gasteiger partial charge < -0.3 is 63.8 Å². The molecule has 0 unspecified atom stereocenters. The Balaban J connectivity index is 1.03. The highest BCUT2D eigenvalue weighted by Crippen LogP contribution is 2.08. The SMILES string of the molecule is O=C1NCCN2CCNC(=O)c3cccc(n3)C(=O)NCCN3CCNC(=O)c4cccc(n4)C(=O)NCCN(CCNC(=O)c4cccc1n4)CCNC(=O)c1cccc(n1)C(=O)NCCN(CCNC(=O)c1cccc(n1)C(=O)NCC2)CCNC(=O)c1cccc(n1)C(=O)NCC3. The first-order valence-corrected chi connectivity index (χ1v) is 32.6. The lowest BCUT2D eigenvalue weighted by atomic mass is 10.2. The van der Waals surface area contributed by atoms with Crippen molar-refractivity contribution in [1.82, 2.24) is 113 Å². The Hall–Kier alpha value is -11.6. The summed E-state index contributed by atoms with van der Waals surface area (Å²) >= 11 is 0. The van der Waals surface area contributed by atoms with E-state index in [1.54, 1.807) is 0 Å². The Morgan fingerprint density at radius 2 is 0.260 bits per heavy atom. The second-order valence-corrected chi connectivity index (χ2v) is 22.9. The van der Waals surface area contributed by atoms with E-state index < -0.39 is 70.9 Å². The summed E-state index contributed by atoms with van der Waals surface area (Å²) in [5.74, 6) is -7.29. The fourth-order valence-corrected chi connectivity index (χ4v) is 10.5. The summed E-state index contributed by atoms with van der Waals surface area (Å²) in [6.07, 6.45) is 0. The van der Waals surface area contributed by atoms with Gasteiger partial charge in [0.2, 0.25) is 0 Å². The number of fused-ring (bicyclic) bond motifs is 36. The van der Waals surface area contributed by atoms with Crippen LogP contribution < -0.4 is 63.8 Å². The first-order chi connectivity index (χ1) is 48.5. The summed E-state index contributed by atoms with van der Waals surface area (Å²) in [6, 6.07) is 26.3. The molecule has 0 spiro atoms. The summed E-state index contributed by atoms with van der Waals surface area (Å²) in [4.78, 5) is 197. The van der Waals surface area contributed by atoms with Crippen molar-refractivity contribution >= 4 is 70.9 Å². The summed E-state index contributed by atoms with van der Waals surface area (Å²) in [5, 5.41) is 33.8. The second kappa shape index (κ2) is 37.2. The molecule has 0 radical (unpaired) electrons. The van der Waals surface area contributed by atoms with Crippen LogP contribution in [0.25, 0.3) is 0 Å². The van der Waals surface area contributed by atoms with E-state index >= 15 is 0 Å². The van der Waals surface area contributed by atoms with Gasteiger partial charge in [-0.3, -0.25) is 77.1 Å². The van der Waals surface area contributed by atoms with Gasteiger partial charge in [0, 0.05) is 157 Å². The molecule has 10 rings (SSSR count). The molecule has 0 fully saturated rings. The van der Waals surface area contributed by atoms with Crippen molar-refractivity contribution in [2.45, 2.75) is 0 Å². The van der Waals surface area contributed by atoms with E-state index in [0.717, 1.165) is 0 Å². The predicted octanol–water partition coefficient (Wildman–Crippen LogP) is -3.44. The van der Waals surface area contributed by atoms with Crippen LogP contribution in [0.15, 0.2) is 109 Å². The number of hydrogen-bond donors (Lipinski definition) is 12. The molecule has 34 nitrogen and oxygen atoms in total. The minimum absolute atomic E-state index is 0.0426. The van der Waals surface area contributed by atoms with Gasteiger partial charge in [0.05, 0.1) is 0 Å². The monoisotopic (exact) mass is 1370 g/mol. The molecule has 0 aromatic carbocycles. The average Bonchev–Trinajstić information content (AvgIpc) is 1.01. The van der Waals surface area contributed by atoms with E-state index in [2.05, 4.69) is 93.7 Å². The lowest BCUT2D eigenvalue weighted by molar-refractivity contribution is 0.0917. The molecule has 10 heterocycles. The Bertz CT molecular complexity index is 3100. The van der Waals surface area contributed by atoms with Gasteiger partial charge in [0.15, 0.2) is 0 Å². The van der Waals surface area contributed by atoms with Gasteiger partial charge in [-0.05, 0) is 72.8 Å². The maximum Gasteiger partial charge on any atom is 0.269 e. The number of pyridine rings is 6. The molecule has 0 saturated heterocycles. The number of aromatic nitrogens is 6. The topological polar surface area (TPSA) is 439 Å². The van der Waals surface area contributed by atoms with Crippen LogP contribution in [-0.4, -0.2) is 277 Å². The molecule has 12 N–H and O–H groups in total. The standard InChI is InChI=1S/C66H78N22O12/c89-55-43-7-1-8-44(79-43)56(90)68-20-32-86-35-23-71-59(93)47-11-4-14-50(82-47)62(96)74-26-38-87-37-25-73-61(95)49-13-2-9-45(80-49)57(91)69-21-33-85(31-19-67-55)34-22-70-58(92)46-10-3-15-51(81-46)63(97)75-27-39-88(40-28-76-64(98)52-16-5-12-48(83-52)60(94)72-24-36-86)42-30-78-66(100)54-18-6-17-53(84-54)65(99)77-29-41-87/h1-18H,19-42H2,(H,67,89)(H,68,90)(H,69,91)(H,70,92)(H,71,93)(H,72,94)(H,73,95)(H,74,96)(H,75,97)(H,76,98)(H,77,99)(H,78,100). The van der Waals surface area contributed by atoms with Crippen LogP contribution in [0.2, 0.25) is 0 Å². The molecule has 4 aliphatic rings. The highest BCUT2D eigenvalue weighted by molar-refractivity contribution is 6.00. The molecule has 0 atom stereocenters. The number of nitrogens with zero attached hydrogens (tertiary/aromatic N) is 10. The zero-order valence-electron chi connectivity index (χ0n) is 54.7. The normalized spacial score (nSPS) is 20.6. The third-order valence-electron chi connectivity index (χ3n) is 15.8. The molecule has 6 aromatic rings. The van der Waals surface area contributed by atoms with Crippen LogP contribution in [0.5, 0.6) is 0 Å². The van der Waals surface area contributed by atoms with Crippen LogP contribution in [0.3, 0.4) is 0 Å². The van der Waals surface area contributed by atoms with Crippen molar-refractivity contribution < 1.29 is 57.5 Å². The molecule has 16 bridgehead atoms. The van der Waals surface area contributed by atoms with Crippen molar-refractivity contribution in [3.8, 4) is 0 Å². The Kier molecular flexibility index (Phi) is 27.0. The van der Waals surface area contributed by atoms with Crippen LogP contribution >= 0.6 is 0 Å². The number of hydrogen-bond acceptors (Lipinski definition) is 22. The Labute approximate surface area is 574 Å². The summed E-state index contributed by atoms with van der Waals surface area (Å²) in [7, 11) is 0. The first-order valence-electron chi connectivity index (χ1n) is 32.6. The molecule has 34 heteroatoms. The number of carbonyl (C=O) groups is 12. The lowest BCUT2D eigenvalue weighted by Gasteiger charge is -2.23. The number of nitrogens with one attached hydrogen (secondary N) is 12. The van der Waals surface area contributed by atoms with Crippen molar-refractivity contribution in [2.24, 2.45) is 0 Å². The van der Waals surface area contributed by atoms with Gasteiger partial charge in [-0.1, -0.05) is 36.4 Å². The molecule has 100 heavy (non-hydrogen) atoms. The molecule has 0 saturated carbocycles. The van der Waals surface area contributed by atoms with E-state index in [-0.39, 0.29) is 225 Å². The number of amides is 12. The van der Waals surface area contributed by atoms with E-state index in [4.69, 9.17) is 0 Å². The van der Waals surface area contributed by atoms with E-state index in [1.807, 2.05) is 19.6 Å². The maximum atomic E-state index is 13.7. The smallest absolute Gasteiger partial charge is 0.269 e. The van der Waals surface area contributed by atoms with E-state index in [9.17, 15) is 57.5 Å². The second-order valence-electron chi connectivity index (χ2n) is 22.9. The van der Waals surface area contributed by atoms with E-state index in [0.29, 0.717) is 0 Å². The van der Waals surface area contributed by atoms with Crippen molar-refractivity contribution in [1.29, 1.82) is 0 Å². The lowest BCUT2D eigenvalue weighted by Crippen LogP contribution is -2.44. The van der Waals surface area contributed by atoms with Crippen molar-refractivity contribution in [3.63, 3.8) is 0 Å². The molecular formula is C66H78N22O12. The van der Waals surface area contributed by atoms with Crippen LogP contribution in [-0.2, 0) is 0 Å². The predicted molar refractivity (Wildman–Crippen MR) is 359 cm³/mol. The van der Waals surface area contributed by atoms with Crippen molar-refractivity contribution in [2.75, 3.05) is 157 Å². The highest BCUT2D eigenvalue weighted by Gasteiger charge is 2.22. The first kappa shape index (κ1) is 72.6. The molecule has 0 aliphatic carbocycles. The molecule has 524 valence electrons. The Morgan fingerprint density at radius 3 is 0.350 bits per heavy atom. The van der Waals surface area contributed by atoms with Gasteiger partial charge in [-0.2, -0.15) is 0 Å². The maximum absolute atomic E-state index is 13.7.